The average molecular weight is 484 g/mol. The molecule has 0 aliphatic carbocycles. The SMILES string of the molecule is CC(C)(C)n1ccc(NS(=O)(=O)c2ccccc2)n1.Cn1ccnc1-c1ccn(C(C)(C)C)n1. The Hall–Kier alpha value is -3.40. The van der Waals surface area contributed by atoms with Crippen LogP contribution in [0.4, 0.5) is 5.82 Å². The molecule has 0 radical (unpaired) electrons. The van der Waals surface area contributed by atoms with E-state index >= 15 is 0 Å². The lowest BCUT2D eigenvalue weighted by Gasteiger charge is -2.18. The summed E-state index contributed by atoms with van der Waals surface area (Å²) in [4.78, 5) is 4.49. The summed E-state index contributed by atoms with van der Waals surface area (Å²) in [7, 11) is -1.60. The maximum absolute atomic E-state index is 12.1. The van der Waals surface area contributed by atoms with Crippen molar-refractivity contribution in [2.24, 2.45) is 7.05 Å². The Labute approximate surface area is 201 Å². The molecule has 34 heavy (non-hydrogen) atoms. The fourth-order valence-electron chi connectivity index (χ4n) is 2.98. The largest absolute Gasteiger partial charge is 0.333 e. The molecular formula is C24H33N7O2S. The van der Waals surface area contributed by atoms with E-state index < -0.39 is 10.0 Å². The highest BCUT2D eigenvalue weighted by Crippen LogP contribution is 2.19. The Balaban J connectivity index is 0.000000196. The summed E-state index contributed by atoms with van der Waals surface area (Å²) in [6, 6.07) is 11.9. The van der Waals surface area contributed by atoms with Crippen molar-refractivity contribution in [3.8, 4) is 11.5 Å². The zero-order chi connectivity index (χ0) is 25.1. The standard InChI is InChI=1S/C13H17N3O2S.C11H16N4/c1-13(2,3)16-10-9-12(14-16)15-19(17,18)11-7-5-4-6-8-11;1-11(2,3)15-7-5-9(13-15)10-12-6-8-14(10)4/h4-10H,1-3H3,(H,14,15);5-8H,1-4H3. The van der Waals surface area contributed by atoms with Gasteiger partial charge in [-0.2, -0.15) is 10.2 Å². The first-order valence-corrected chi connectivity index (χ1v) is 12.4. The number of rotatable bonds is 4. The van der Waals surface area contributed by atoms with Gasteiger partial charge in [0.05, 0.1) is 16.0 Å². The van der Waals surface area contributed by atoms with Crippen molar-refractivity contribution in [3.05, 3.63) is 67.3 Å². The molecule has 0 amide bonds. The summed E-state index contributed by atoms with van der Waals surface area (Å²) in [5, 5.41) is 8.74. The van der Waals surface area contributed by atoms with E-state index in [2.05, 4.69) is 40.7 Å². The van der Waals surface area contributed by atoms with E-state index in [0.29, 0.717) is 5.82 Å². The van der Waals surface area contributed by atoms with Gasteiger partial charge in [0, 0.05) is 37.9 Å². The summed E-state index contributed by atoms with van der Waals surface area (Å²) in [6.45, 7) is 12.4. The molecule has 0 aliphatic rings. The number of imidazole rings is 1. The van der Waals surface area contributed by atoms with Crippen molar-refractivity contribution in [2.45, 2.75) is 57.5 Å². The zero-order valence-corrected chi connectivity index (χ0v) is 21.6. The van der Waals surface area contributed by atoms with E-state index in [-0.39, 0.29) is 16.0 Å². The van der Waals surface area contributed by atoms with E-state index in [1.165, 1.54) is 0 Å². The molecular weight excluding hydrogens is 450 g/mol. The quantitative estimate of drug-likeness (QED) is 0.461. The molecule has 0 unspecified atom stereocenters. The van der Waals surface area contributed by atoms with Crippen molar-refractivity contribution in [3.63, 3.8) is 0 Å². The number of nitrogens with one attached hydrogen (secondary N) is 1. The Bertz CT molecular complexity index is 1320. The maximum atomic E-state index is 12.1. The van der Waals surface area contributed by atoms with Crippen LogP contribution in [0.25, 0.3) is 11.5 Å². The third-order valence-corrected chi connectivity index (χ3v) is 6.27. The molecule has 0 aliphatic heterocycles. The van der Waals surface area contributed by atoms with E-state index in [0.717, 1.165) is 11.5 Å². The van der Waals surface area contributed by atoms with Gasteiger partial charge in [-0.1, -0.05) is 18.2 Å². The number of hydrogen-bond acceptors (Lipinski definition) is 5. The number of nitrogens with zero attached hydrogens (tertiary/aromatic N) is 6. The van der Waals surface area contributed by atoms with Crippen LogP contribution in [0, 0.1) is 0 Å². The van der Waals surface area contributed by atoms with Gasteiger partial charge in [-0.15, -0.1) is 0 Å². The van der Waals surface area contributed by atoms with Crippen LogP contribution in [0.2, 0.25) is 0 Å². The van der Waals surface area contributed by atoms with Gasteiger partial charge < -0.3 is 4.57 Å². The minimum absolute atomic E-state index is 0.0173. The Morgan fingerprint density at radius 3 is 1.88 bits per heavy atom. The third kappa shape index (κ3) is 6.13. The molecule has 1 aromatic carbocycles. The van der Waals surface area contributed by atoms with E-state index in [1.54, 1.807) is 53.5 Å². The molecule has 0 spiro atoms. The van der Waals surface area contributed by atoms with Crippen molar-refractivity contribution < 1.29 is 8.42 Å². The zero-order valence-electron chi connectivity index (χ0n) is 20.8. The molecule has 0 fully saturated rings. The minimum atomic E-state index is -3.57. The van der Waals surface area contributed by atoms with Crippen molar-refractivity contribution >= 4 is 15.8 Å². The highest BCUT2D eigenvalue weighted by Gasteiger charge is 2.18. The van der Waals surface area contributed by atoms with Gasteiger partial charge in [-0.25, -0.2) is 13.4 Å². The molecule has 9 nitrogen and oxygen atoms in total. The Morgan fingerprint density at radius 2 is 1.38 bits per heavy atom. The monoisotopic (exact) mass is 483 g/mol. The van der Waals surface area contributed by atoms with Crippen LogP contribution in [-0.2, 0) is 28.1 Å². The predicted octanol–water partition coefficient (Wildman–Crippen LogP) is 4.48. The fraction of sp³-hybridized carbons (Fsp3) is 0.375. The lowest BCUT2D eigenvalue weighted by Crippen LogP contribution is -2.22. The summed E-state index contributed by atoms with van der Waals surface area (Å²) < 4.78 is 32.3. The van der Waals surface area contributed by atoms with Crippen LogP contribution in [0.5, 0.6) is 0 Å². The highest BCUT2D eigenvalue weighted by atomic mass is 32.2. The first kappa shape index (κ1) is 25.2. The molecule has 4 rings (SSSR count). The molecule has 1 N–H and O–H groups in total. The minimum Gasteiger partial charge on any atom is -0.333 e. The van der Waals surface area contributed by atoms with Gasteiger partial charge >= 0.3 is 0 Å². The molecule has 3 heterocycles. The topological polar surface area (TPSA) is 99.6 Å². The lowest BCUT2D eigenvalue weighted by atomic mass is 10.1. The lowest BCUT2D eigenvalue weighted by molar-refractivity contribution is 0.356. The van der Waals surface area contributed by atoms with Gasteiger partial charge in [-0.3, -0.25) is 14.1 Å². The Kier molecular flexibility index (Phi) is 7.02. The van der Waals surface area contributed by atoms with E-state index in [9.17, 15) is 8.42 Å². The first-order chi connectivity index (χ1) is 15.8. The van der Waals surface area contributed by atoms with Crippen LogP contribution in [0.3, 0.4) is 0 Å². The third-order valence-electron chi connectivity index (χ3n) is 4.90. The molecule has 0 saturated carbocycles. The van der Waals surface area contributed by atoms with E-state index in [1.807, 2.05) is 55.5 Å². The van der Waals surface area contributed by atoms with Crippen molar-refractivity contribution in [1.29, 1.82) is 0 Å². The number of hydrogen-bond donors (Lipinski definition) is 1. The summed E-state index contributed by atoms with van der Waals surface area (Å²) >= 11 is 0. The smallest absolute Gasteiger partial charge is 0.263 e. The second kappa shape index (κ2) is 9.46. The fourth-order valence-corrected chi connectivity index (χ4v) is 3.99. The van der Waals surface area contributed by atoms with Gasteiger partial charge in [0.25, 0.3) is 10.0 Å². The van der Waals surface area contributed by atoms with Crippen molar-refractivity contribution in [2.75, 3.05) is 4.72 Å². The van der Waals surface area contributed by atoms with Crippen molar-refractivity contribution in [1.82, 2.24) is 29.1 Å². The molecule has 182 valence electrons. The van der Waals surface area contributed by atoms with Crippen LogP contribution >= 0.6 is 0 Å². The molecule has 4 aromatic rings. The molecule has 0 bridgehead atoms. The average Bonchev–Trinajstić information content (AvgIpc) is 3.48. The second-order valence-corrected chi connectivity index (χ2v) is 11.6. The molecule has 0 saturated heterocycles. The highest BCUT2D eigenvalue weighted by molar-refractivity contribution is 7.92. The van der Waals surface area contributed by atoms with Crippen LogP contribution in [0.15, 0.2) is 72.1 Å². The maximum Gasteiger partial charge on any atom is 0.263 e. The van der Waals surface area contributed by atoms with Gasteiger partial charge in [0.2, 0.25) is 0 Å². The number of anilines is 1. The summed E-state index contributed by atoms with van der Waals surface area (Å²) in [6.07, 6.45) is 7.45. The number of sulfonamides is 1. The summed E-state index contributed by atoms with van der Waals surface area (Å²) in [5.41, 5.74) is 0.747. The van der Waals surface area contributed by atoms with E-state index in [4.69, 9.17) is 0 Å². The molecule has 0 atom stereocenters. The number of aryl methyl sites for hydroxylation is 1. The first-order valence-electron chi connectivity index (χ1n) is 11.0. The second-order valence-electron chi connectivity index (χ2n) is 9.91. The Morgan fingerprint density at radius 1 is 0.794 bits per heavy atom. The molecule has 3 aromatic heterocycles. The normalized spacial score (nSPS) is 12.2. The molecule has 10 heteroatoms. The summed E-state index contributed by atoms with van der Waals surface area (Å²) in [5.74, 6) is 1.22. The van der Waals surface area contributed by atoms with Crippen LogP contribution < -0.4 is 4.72 Å². The van der Waals surface area contributed by atoms with Gasteiger partial charge in [-0.05, 0) is 59.7 Å². The predicted molar refractivity (Wildman–Crippen MR) is 134 cm³/mol. The van der Waals surface area contributed by atoms with Crippen LogP contribution in [-0.4, -0.2) is 37.5 Å². The van der Waals surface area contributed by atoms with Gasteiger partial charge in [0.15, 0.2) is 11.6 Å². The number of benzene rings is 1. The van der Waals surface area contributed by atoms with Crippen LogP contribution in [0.1, 0.15) is 41.5 Å². The van der Waals surface area contributed by atoms with Gasteiger partial charge in [0.1, 0.15) is 5.69 Å². The number of aromatic nitrogens is 6.